The van der Waals surface area contributed by atoms with E-state index in [1.807, 2.05) is 0 Å². The molecular formula is C15H20FNO2. The Kier molecular flexibility index (Phi) is 4.53. The molecule has 0 aliphatic carbocycles. The zero-order valence-corrected chi connectivity index (χ0v) is 11.2. The van der Waals surface area contributed by atoms with Gasteiger partial charge in [0.2, 0.25) is 0 Å². The molecule has 0 spiro atoms. The van der Waals surface area contributed by atoms with E-state index in [2.05, 4.69) is 11.8 Å². The molecule has 1 aliphatic heterocycles. The predicted molar refractivity (Wildman–Crippen MR) is 71.7 cm³/mol. The molecule has 1 saturated heterocycles. The summed E-state index contributed by atoms with van der Waals surface area (Å²) in [7, 11) is 0. The first-order chi connectivity index (χ1) is 9.10. The zero-order chi connectivity index (χ0) is 13.8. The Morgan fingerprint density at radius 2 is 2.32 bits per heavy atom. The second-order valence-electron chi connectivity index (χ2n) is 5.29. The molecule has 1 fully saturated rings. The van der Waals surface area contributed by atoms with Crippen molar-refractivity contribution in [1.29, 1.82) is 0 Å². The standard InChI is InChI=1S/C15H20FNO2/c1-2-3-11-6-7-17(9-11)10-12-4-5-13(16)8-14(12)15(18)19/h4-5,8,11H,2-3,6-7,9-10H2,1H3,(H,18,19). The van der Waals surface area contributed by atoms with Crippen LogP contribution in [0.5, 0.6) is 0 Å². The molecule has 1 heterocycles. The molecule has 0 aromatic heterocycles. The van der Waals surface area contributed by atoms with Crippen LogP contribution < -0.4 is 0 Å². The van der Waals surface area contributed by atoms with Gasteiger partial charge in [-0.15, -0.1) is 0 Å². The molecule has 0 saturated carbocycles. The van der Waals surface area contributed by atoms with Gasteiger partial charge in [0.05, 0.1) is 5.56 Å². The fourth-order valence-corrected chi connectivity index (χ4v) is 2.83. The average molecular weight is 265 g/mol. The van der Waals surface area contributed by atoms with Gasteiger partial charge in [-0.2, -0.15) is 0 Å². The molecular weight excluding hydrogens is 245 g/mol. The molecule has 2 rings (SSSR count). The third-order valence-electron chi connectivity index (χ3n) is 3.76. The van der Waals surface area contributed by atoms with Gasteiger partial charge in [0.1, 0.15) is 5.82 Å². The molecule has 1 unspecified atom stereocenters. The van der Waals surface area contributed by atoms with Crippen LogP contribution in [0.3, 0.4) is 0 Å². The van der Waals surface area contributed by atoms with Gasteiger partial charge in [0.25, 0.3) is 0 Å². The van der Waals surface area contributed by atoms with E-state index in [1.165, 1.54) is 25.3 Å². The summed E-state index contributed by atoms with van der Waals surface area (Å²) in [5.74, 6) is -0.830. The van der Waals surface area contributed by atoms with E-state index in [9.17, 15) is 9.18 Å². The third kappa shape index (κ3) is 3.53. The minimum absolute atomic E-state index is 0.0824. The molecule has 0 bridgehead atoms. The quantitative estimate of drug-likeness (QED) is 0.889. The Labute approximate surface area is 113 Å². The predicted octanol–water partition coefficient (Wildman–Crippen LogP) is 3.15. The number of nitrogens with zero attached hydrogens (tertiary/aromatic N) is 1. The fraction of sp³-hybridized carbons (Fsp3) is 0.533. The lowest BCUT2D eigenvalue weighted by molar-refractivity contribution is 0.0694. The number of hydrogen-bond acceptors (Lipinski definition) is 2. The minimum atomic E-state index is -1.06. The summed E-state index contributed by atoms with van der Waals surface area (Å²) in [5.41, 5.74) is 0.782. The maximum Gasteiger partial charge on any atom is 0.336 e. The highest BCUT2D eigenvalue weighted by Gasteiger charge is 2.23. The Morgan fingerprint density at radius 3 is 3.00 bits per heavy atom. The summed E-state index contributed by atoms with van der Waals surface area (Å²) in [4.78, 5) is 13.4. The zero-order valence-electron chi connectivity index (χ0n) is 11.2. The highest BCUT2D eigenvalue weighted by Crippen LogP contribution is 2.23. The number of rotatable bonds is 5. The van der Waals surface area contributed by atoms with Crippen LogP contribution in [0.15, 0.2) is 18.2 Å². The lowest BCUT2D eigenvalue weighted by Crippen LogP contribution is -2.21. The van der Waals surface area contributed by atoms with Gasteiger partial charge in [-0.3, -0.25) is 4.90 Å². The van der Waals surface area contributed by atoms with Crippen molar-refractivity contribution in [2.45, 2.75) is 32.7 Å². The van der Waals surface area contributed by atoms with Crippen LogP contribution in [0.1, 0.15) is 42.1 Å². The smallest absolute Gasteiger partial charge is 0.336 e. The summed E-state index contributed by atoms with van der Waals surface area (Å²) >= 11 is 0. The molecule has 0 radical (unpaired) electrons. The largest absolute Gasteiger partial charge is 0.478 e. The maximum absolute atomic E-state index is 13.1. The highest BCUT2D eigenvalue weighted by atomic mass is 19.1. The molecule has 1 aliphatic rings. The Morgan fingerprint density at radius 1 is 1.53 bits per heavy atom. The molecule has 1 atom stereocenters. The van der Waals surface area contributed by atoms with Gasteiger partial charge >= 0.3 is 5.97 Å². The number of carboxylic acid groups (broad SMARTS) is 1. The van der Waals surface area contributed by atoms with Gasteiger partial charge in [-0.25, -0.2) is 9.18 Å². The van der Waals surface area contributed by atoms with Crippen LogP contribution in [0.4, 0.5) is 4.39 Å². The Balaban J connectivity index is 2.05. The second kappa shape index (κ2) is 6.15. The molecule has 1 aromatic rings. The summed E-state index contributed by atoms with van der Waals surface area (Å²) < 4.78 is 13.1. The number of carboxylic acids is 1. The highest BCUT2D eigenvalue weighted by molar-refractivity contribution is 5.89. The monoisotopic (exact) mass is 265 g/mol. The van der Waals surface area contributed by atoms with E-state index in [1.54, 1.807) is 6.07 Å². The maximum atomic E-state index is 13.1. The first kappa shape index (κ1) is 14.0. The van der Waals surface area contributed by atoms with Gasteiger partial charge in [-0.05, 0) is 43.0 Å². The number of benzene rings is 1. The summed E-state index contributed by atoms with van der Waals surface area (Å²) in [6.07, 6.45) is 3.60. The molecule has 0 amide bonds. The summed E-state index contributed by atoms with van der Waals surface area (Å²) in [6.45, 7) is 4.80. The molecule has 1 N–H and O–H groups in total. The number of halogens is 1. The molecule has 104 valence electrons. The fourth-order valence-electron chi connectivity index (χ4n) is 2.83. The molecule has 19 heavy (non-hydrogen) atoms. The van der Waals surface area contributed by atoms with Gasteiger partial charge in [0.15, 0.2) is 0 Å². The lowest BCUT2D eigenvalue weighted by Gasteiger charge is -2.17. The first-order valence-corrected chi connectivity index (χ1v) is 6.84. The van der Waals surface area contributed by atoms with Gasteiger partial charge < -0.3 is 5.11 Å². The van der Waals surface area contributed by atoms with E-state index < -0.39 is 11.8 Å². The van der Waals surface area contributed by atoms with Gasteiger partial charge in [0, 0.05) is 13.1 Å². The number of aromatic carboxylic acids is 1. The average Bonchev–Trinajstić information content (AvgIpc) is 2.79. The van der Waals surface area contributed by atoms with E-state index >= 15 is 0 Å². The number of hydrogen-bond donors (Lipinski definition) is 1. The summed E-state index contributed by atoms with van der Waals surface area (Å²) in [6, 6.07) is 4.03. The van der Waals surface area contributed by atoms with Crippen molar-refractivity contribution in [2.24, 2.45) is 5.92 Å². The van der Waals surface area contributed by atoms with Gasteiger partial charge in [-0.1, -0.05) is 19.4 Å². The van der Waals surface area contributed by atoms with Crippen LogP contribution in [0.25, 0.3) is 0 Å². The van der Waals surface area contributed by atoms with E-state index in [-0.39, 0.29) is 5.56 Å². The summed E-state index contributed by atoms with van der Waals surface area (Å²) in [5, 5.41) is 9.12. The van der Waals surface area contributed by atoms with Crippen molar-refractivity contribution in [2.75, 3.05) is 13.1 Å². The minimum Gasteiger partial charge on any atom is -0.478 e. The van der Waals surface area contributed by atoms with Crippen molar-refractivity contribution in [3.05, 3.63) is 35.1 Å². The first-order valence-electron chi connectivity index (χ1n) is 6.84. The van der Waals surface area contributed by atoms with E-state index in [0.717, 1.165) is 25.1 Å². The van der Waals surface area contributed by atoms with E-state index in [0.29, 0.717) is 12.1 Å². The molecule has 1 aromatic carbocycles. The third-order valence-corrected chi connectivity index (χ3v) is 3.76. The van der Waals surface area contributed by atoms with Crippen molar-refractivity contribution in [1.82, 2.24) is 4.90 Å². The number of carbonyl (C=O) groups is 1. The lowest BCUT2D eigenvalue weighted by atomic mass is 10.0. The Bertz CT molecular complexity index is 461. The Hall–Kier alpha value is -1.42. The van der Waals surface area contributed by atoms with Crippen LogP contribution in [0, 0.1) is 11.7 Å². The van der Waals surface area contributed by atoms with Crippen LogP contribution in [-0.4, -0.2) is 29.1 Å². The van der Waals surface area contributed by atoms with Crippen LogP contribution in [0.2, 0.25) is 0 Å². The SMILES string of the molecule is CCCC1CCN(Cc2ccc(F)cc2C(=O)O)C1. The van der Waals surface area contributed by atoms with Crippen LogP contribution >= 0.6 is 0 Å². The normalized spacial score (nSPS) is 19.8. The van der Waals surface area contributed by atoms with Crippen molar-refractivity contribution < 1.29 is 14.3 Å². The van der Waals surface area contributed by atoms with Crippen molar-refractivity contribution in [3.63, 3.8) is 0 Å². The second-order valence-corrected chi connectivity index (χ2v) is 5.29. The van der Waals surface area contributed by atoms with Crippen molar-refractivity contribution in [3.8, 4) is 0 Å². The van der Waals surface area contributed by atoms with E-state index in [4.69, 9.17) is 5.11 Å². The molecule has 3 nitrogen and oxygen atoms in total. The topological polar surface area (TPSA) is 40.5 Å². The van der Waals surface area contributed by atoms with Crippen molar-refractivity contribution >= 4 is 5.97 Å². The van der Waals surface area contributed by atoms with Crippen LogP contribution in [-0.2, 0) is 6.54 Å². The molecule has 4 heteroatoms. The number of likely N-dealkylation sites (tertiary alicyclic amines) is 1.